The number of amides is 2. The van der Waals surface area contributed by atoms with E-state index in [1.807, 2.05) is 9.80 Å². The van der Waals surface area contributed by atoms with Crippen LogP contribution in [-0.4, -0.2) is 61.0 Å². The molecular formula is C17H28N2O3. The van der Waals surface area contributed by atoms with Crippen molar-refractivity contribution in [2.24, 2.45) is 11.8 Å². The van der Waals surface area contributed by atoms with Crippen LogP contribution in [-0.2, 0) is 14.3 Å². The van der Waals surface area contributed by atoms with Crippen molar-refractivity contribution in [2.75, 3.05) is 39.4 Å². The molecule has 0 aromatic heterocycles. The van der Waals surface area contributed by atoms with Gasteiger partial charge in [0.15, 0.2) is 0 Å². The molecule has 1 saturated carbocycles. The summed E-state index contributed by atoms with van der Waals surface area (Å²) in [4.78, 5) is 29.2. The van der Waals surface area contributed by atoms with Gasteiger partial charge in [0.25, 0.3) is 0 Å². The van der Waals surface area contributed by atoms with Gasteiger partial charge in [-0.05, 0) is 25.7 Å². The molecule has 1 aliphatic carbocycles. The monoisotopic (exact) mass is 308 g/mol. The summed E-state index contributed by atoms with van der Waals surface area (Å²) in [5, 5.41) is 0. The molecule has 1 unspecified atom stereocenters. The van der Waals surface area contributed by atoms with Crippen molar-refractivity contribution in [1.82, 2.24) is 9.80 Å². The molecule has 2 amide bonds. The molecular weight excluding hydrogens is 280 g/mol. The Balaban J connectivity index is 1.56. The van der Waals surface area contributed by atoms with Crippen molar-refractivity contribution in [3.8, 4) is 0 Å². The maximum absolute atomic E-state index is 12.7. The summed E-state index contributed by atoms with van der Waals surface area (Å²) >= 11 is 0. The first-order chi connectivity index (χ1) is 10.8. The quantitative estimate of drug-likeness (QED) is 0.779. The molecule has 5 heteroatoms. The lowest BCUT2D eigenvalue weighted by Crippen LogP contribution is -2.50. The molecule has 3 fully saturated rings. The number of hydrogen-bond donors (Lipinski definition) is 0. The molecule has 2 heterocycles. The first kappa shape index (κ1) is 15.8. The van der Waals surface area contributed by atoms with E-state index in [9.17, 15) is 9.59 Å². The van der Waals surface area contributed by atoms with Gasteiger partial charge in [-0.15, -0.1) is 0 Å². The number of carbonyl (C=O) groups excluding carboxylic acids is 2. The van der Waals surface area contributed by atoms with E-state index in [4.69, 9.17) is 4.74 Å². The number of ether oxygens (including phenoxy) is 1. The molecule has 5 nitrogen and oxygen atoms in total. The fraction of sp³-hybridized carbons (Fsp3) is 0.882. The Hall–Kier alpha value is -1.10. The lowest BCUT2D eigenvalue weighted by Gasteiger charge is -2.38. The molecule has 0 aromatic carbocycles. The third kappa shape index (κ3) is 3.62. The van der Waals surface area contributed by atoms with Crippen LogP contribution in [0.5, 0.6) is 0 Å². The SMILES string of the molecule is O=C(C1CCCN(C(=O)C2CCCCC2)C1)N1CCOCC1. The summed E-state index contributed by atoms with van der Waals surface area (Å²) in [5.74, 6) is 0.744. The van der Waals surface area contributed by atoms with Crippen molar-refractivity contribution in [2.45, 2.75) is 44.9 Å². The van der Waals surface area contributed by atoms with Crippen LogP contribution in [0.2, 0.25) is 0 Å². The number of nitrogens with zero attached hydrogens (tertiary/aromatic N) is 2. The third-order valence-corrected chi connectivity index (χ3v) is 5.36. The zero-order chi connectivity index (χ0) is 15.4. The first-order valence-electron chi connectivity index (χ1n) is 8.91. The van der Waals surface area contributed by atoms with Crippen LogP contribution in [0.15, 0.2) is 0 Å². The van der Waals surface area contributed by atoms with Crippen molar-refractivity contribution in [1.29, 1.82) is 0 Å². The summed E-state index contributed by atoms with van der Waals surface area (Å²) in [5.41, 5.74) is 0. The van der Waals surface area contributed by atoms with Gasteiger partial charge in [-0.1, -0.05) is 19.3 Å². The topological polar surface area (TPSA) is 49.9 Å². The van der Waals surface area contributed by atoms with E-state index < -0.39 is 0 Å². The summed E-state index contributed by atoms with van der Waals surface area (Å²) in [6, 6.07) is 0. The Morgan fingerprint density at radius 1 is 0.727 bits per heavy atom. The molecule has 1 atom stereocenters. The third-order valence-electron chi connectivity index (χ3n) is 5.36. The van der Waals surface area contributed by atoms with Gasteiger partial charge in [0.05, 0.1) is 19.1 Å². The Morgan fingerprint density at radius 3 is 2.09 bits per heavy atom. The molecule has 0 bridgehead atoms. The number of hydrogen-bond acceptors (Lipinski definition) is 3. The van der Waals surface area contributed by atoms with Crippen molar-refractivity contribution in [3.05, 3.63) is 0 Å². The summed E-state index contributed by atoms with van der Waals surface area (Å²) in [7, 11) is 0. The van der Waals surface area contributed by atoms with Crippen molar-refractivity contribution in [3.63, 3.8) is 0 Å². The van der Waals surface area contributed by atoms with E-state index >= 15 is 0 Å². The van der Waals surface area contributed by atoms with Gasteiger partial charge in [-0.2, -0.15) is 0 Å². The fourth-order valence-electron chi connectivity index (χ4n) is 4.03. The van der Waals surface area contributed by atoms with Gasteiger partial charge in [-0.25, -0.2) is 0 Å². The Labute approximate surface area is 133 Å². The largest absolute Gasteiger partial charge is 0.378 e. The van der Waals surface area contributed by atoms with Crippen LogP contribution in [0.25, 0.3) is 0 Å². The second kappa shape index (κ2) is 7.44. The van der Waals surface area contributed by atoms with Gasteiger partial charge >= 0.3 is 0 Å². The molecule has 0 spiro atoms. The summed E-state index contributed by atoms with van der Waals surface area (Å²) < 4.78 is 5.32. The maximum atomic E-state index is 12.7. The number of rotatable bonds is 2. The lowest BCUT2D eigenvalue weighted by atomic mass is 9.87. The van der Waals surface area contributed by atoms with E-state index in [2.05, 4.69) is 0 Å². The minimum atomic E-state index is -0.000564. The molecule has 0 aromatic rings. The number of morpholine rings is 1. The second-order valence-electron chi connectivity index (χ2n) is 6.90. The summed E-state index contributed by atoms with van der Waals surface area (Å²) in [6.07, 6.45) is 7.58. The van der Waals surface area contributed by atoms with Crippen molar-refractivity contribution >= 4 is 11.8 Å². The van der Waals surface area contributed by atoms with Crippen LogP contribution in [0, 0.1) is 11.8 Å². The molecule has 3 aliphatic rings. The predicted molar refractivity (Wildman–Crippen MR) is 83.3 cm³/mol. The molecule has 2 saturated heterocycles. The van der Waals surface area contributed by atoms with Gasteiger partial charge in [0.2, 0.25) is 11.8 Å². The maximum Gasteiger partial charge on any atom is 0.227 e. The average Bonchev–Trinajstić information content (AvgIpc) is 2.62. The highest BCUT2D eigenvalue weighted by Gasteiger charge is 2.34. The Kier molecular flexibility index (Phi) is 5.34. The molecule has 2 aliphatic heterocycles. The minimum absolute atomic E-state index is 0.000564. The standard InChI is InChI=1S/C17H28N2O3/c20-16(14-5-2-1-3-6-14)19-8-4-7-15(13-19)17(21)18-9-11-22-12-10-18/h14-15H,1-13H2. The van der Waals surface area contributed by atoms with Crippen LogP contribution in [0.3, 0.4) is 0 Å². The van der Waals surface area contributed by atoms with Crippen LogP contribution in [0.1, 0.15) is 44.9 Å². The summed E-state index contributed by atoms with van der Waals surface area (Å²) in [6.45, 7) is 4.15. The highest BCUT2D eigenvalue weighted by atomic mass is 16.5. The molecule has 3 rings (SSSR count). The first-order valence-corrected chi connectivity index (χ1v) is 8.91. The highest BCUT2D eigenvalue weighted by molar-refractivity contribution is 5.82. The van der Waals surface area contributed by atoms with Gasteiger partial charge in [0, 0.05) is 32.1 Å². The highest BCUT2D eigenvalue weighted by Crippen LogP contribution is 2.28. The normalized spacial score (nSPS) is 27.7. The van der Waals surface area contributed by atoms with E-state index in [-0.39, 0.29) is 17.7 Å². The van der Waals surface area contributed by atoms with Gasteiger partial charge in [-0.3, -0.25) is 9.59 Å². The average molecular weight is 308 g/mol. The van der Waals surface area contributed by atoms with E-state index in [1.54, 1.807) is 0 Å². The van der Waals surface area contributed by atoms with E-state index in [1.165, 1.54) is 19.3 Å². The van der Waals surface area contributed by atoms with Crippen LogP contribution >= 0.6 is 0 Å². The van der Waals surface area contributed by atoms with E-state index in [0.717, 1.165) is 32.2 Å². The van der Waals surface area contributed by atoms with E-state index in [0.29, 0.717) is 38.8 Å². The van der Waals surface area contributed by atoms with Crippen LogP contribution in [0.4, 0.5) is 0 Å². The number of piperidine rings is 1. The molecule has 0 N–H and O–H groups in total. The van der Waals surface area contributed by atoms with Gasteiger partial charge in [0.1, 0.15) is 0 Å². The fourth-order valence-corrected chi connectivity index (χ4v) is 4.03. The number of carbonyl (C=O) groups is 2. The van der Waals surface area contributed by atoms with Crippen LogP contribution < -0.4 is 0 Å². The van der Waals surface area contributed by atoms with Crippen molar-refractivity contribution < 1.29 is 14.3 Å². The minimum Gasteiger partial charge on any atom is -0.378 e. The second-order valence-corrected chi connectivity index (χ2v) is 6.90. The lowest BCUT2D eigenvalue weighted by molar-refractivity contribution is -0.145. The molecule has 0 radical (unpaired) electrons. The Bertz CT molecular complexity index is 365. The smallest absolute Gasteiger partial charge is 0.227 e. The zero-order valence-electron chi connectivity index (χ0n) is 13.5. The van der Waals surface area contributed by atoms with Gasteiger partial charge < -0.3 is 14.5 Å². The predicted octanol–water partition coefficient (Wildman–Crippen LogP) is 1.66. The zero-order valence-corrected chi connectivity index (χ0v) is 13.5. The molecule has 124 valence electrons. The Morgan fingerprint density at radius 2 is 1.36 bits per heavy atom. The number of likely N-dealkylation sites (tertiary alicyclic amines) is 1. The molecule has 22 heavy (non-hydrogen) atoms.